The molecule has 2 rings (SSSR count). The summed E-state index contributed by atoms with van der Waals surface area (Å²) in [7, 11) is 0. The standard InChI is InChI=1S/C11H17N3O2S/c1-8(2)7-17-11-13-12-10(15)14(11)6-9-4-3-5-16-9/h9H,1,3-7H2,2H3,(H,12,15)/t9-/m1/s1. The Bertz CT molecular complexity index is 446. The highest BCUT2D eigenvalue weighted by Crippen LogP contribution is 2.19. The lowest BCUT2D eigenvalue weighted by molar-refractivity contribution is 0.0941. The second-order valence-corrected chi connectivity index (χ2v) is 5.25. The van der Waals surface area contributed by atoms with Crippen molar-refractivity contribution in [1.29, 1.82) is 0 Å². The molecule has 2 heterocycles. The molecule has 0 spiro atoms. The van der Waals surface area contributed by atoms with Gasteiger partial charge in [0, 0.05) is 12.4 Å². The Hall–Kier alpha value is -1.01. The van der Waals surface area contributed by atoms with Crippen LogP contribution >= 0.6 is 11.8 Å². The van der Waals surface area contributed by atoms with E-state index in [1.54, 1.807) is 4.57 Å². The zero-order valence-corrected chi connectivity index (χ0v) is 10.8. The smallest absolute Gasteiger partial charge is 0.344 e. The third-order valence-electron chi connectivity index (χ3n) is 2.58. The molecule has 5 nitrogen and oxygen atoms in total. The van der Waals surface area contributed by atoms with E-state index in [-0.39, 0.29) is 11.8 Å². The van der Waals surface area contributed by atoms with E-state index in [0.717, 1.165) is 30.8 Å². The third-order valence-corrected chi connectivity index (χ3v) is 3.79. The van der Waals surface area contributed by atoms with Crippen LogP contribution < -0.4 is 5.69 Å². The van der Waals surface area contributed by atoms with Gasteiger partial charge in [-0.2, -0.15) is 0 Å². The molecule has 1 aromatic rings. The molecule has 0 saturated carbocycles. The van der Waals surface area contributed by atoms with E-state index in [2.05, 4.69) is 16.8 Å². The van der Waals surface area contributed by atoms with Gasteiger partial charge in [0.1, 0.15) is 0 Å². The number of hydrogen-bond acceptors (Lipinski definition) is 4. The minimum absolute atomic E-state index is 0.148. The monoisotopic (exact) mass is 255 g/mol. The van der Waals surface area contributed by atoms with Crippen LogP contribution in [0, 0.1) is 0 Å². The highest BCUT2D eigenvalue weighted by atomic mass is 32.2. The van der Waals surface area contributed by atoms with Gasteiger partial charge in [-0.3, -0.25) is 4.57 Å². The molecule has 0 bridgehead atoms. The third kappa shape index (κ3) is 3.23. The molecule has 1 aliphatic heterocycles. The fourth-order valence-electron chi connectivity index (χ4n) is 1.75. The quantitative estimate of drug-likeness (QED) is 0.638. The highest BCUT2D eigenvalue weighted by molar-refractivity contribution is 7.99. The van der Waals surface area contributed by atoms with Crippen LogP contribution in [0.25, 0.3) is 0 Å². The average molecular weight is 255 g/mol. The Balaban J connectivity index is 2.05. The number of hydrogen-bond donors (Lipinski definition) is 1. The molecule has 0 aromatic carbocycles. The zero-order valence-electron chi connectivity index (χ0n) is 9.94. The van der Waals surface area contributed by atoms with Crippen molar-refractivity contribution in [3.8, 4) is 0 Å². The second-order valence-electron chi connectivity index (χ2n) is 4.30. The second kappa shape index (κ2) is 5.55. The maximum Gasteiger partial charge on any atom is 0.344 e. The molecule has 0 unspecified atom stereocenters. The number of aromatic nitrogens is 3. The predicted octanol–water partition coefficient (Wildman–Crippen LogP) is 1.42. The molecule has 0 radical (unpaired) electrons. The SMILES string of the molecule is C=C(C)CSc1n[nH]c(=O)n1C[C@H]1CCCO1. The van der Waals surface area contributed by atoms with Gasteiger partial charge in [0.25, 0.3) is 0 Å². The summed E-state index contributed by atoms with van der Waals surface area (Å²) < 4.78 is 7.19. The number of rotatable bonds is 5. The predicted molar refractivity (Wildman–Crippen MR) is 67.4 cm³/mol. The molecular weight excluding hydrogens is 238 g/mol. The van der Waals surface area contributed by atoms with Crippen molar-refractivity contribution in [2.24, 2.45) is 0 Å². The van der Waals surface area contributed by atoms with Gasteiger partial charge >= 0.3 is 5.69 Å². The van der Waals surface area contributed by atoms with Gasteiger partial charge in [-0.1, -0.05) is 23.9 Å². The average Bonchev–Trinajstić information content (AvgIpc) is 2.89. The summed E-state index contributed by atoms with van der Waals surface area (Å²) in [5.41, 5.74) is 0.902. The number of aromatic amines is 1. The molecule has 1 aliphatic rings. The summed E-state index contributed by atoms with van der Waals surface area (Å²) in [5, 5.41) is 7.22. The normalized spacial score (nSPS) is 19.7. The fourth-order valence-corrected chi connectivity index (χ4v) is 2.55. The summed E-state index contributed by atoms with van der Waals surface area (Å²) in [6.07, 6.45) is 2.24. The molecule has 1 saturated heterocycles. The van der Waals surface area contributed by atoms with Gasteiger partial charge in [-0.05, 0) is 19.8 Å². The molecule has 94 valence electrons. The number of nitrogens with one attached hydrogen (secondary N) is 1. The van der Waals surface area contributed by atoms with Crippen molar-refractivity contribution in [3.05, 3.63) is 22.6 Å². The topological polar surface area (TPSA) is 59.9 Å². The zero-order chi connectivity index (χ0) is 12.3. The molecule has 17 heavy (non-hydrogen) atoms. The van der Waals surface area contributed by atoms with Gasteiger partial charge in [-0.15, -0.1) is 5.10 Å². The lowest BCUT2D eigenvalue weighted by atomic mass is 10.2. The summed E-state index contributed by atoms with van der Waals surface area (Å²) >= 11 is 1.52. The van der Waals surface area contributed by atoms with E-state index in [1.165, 1.54) is 11.8 Å². The van der Waals surface area contributed by atoms with Crippen LogP contribution in [-0.2, 0) is 11.3 Å². The Morgan fingerprint density at radius 1 is 1.76 bits per heavy atom. The maximum absolute atomic E-state index is 11.6. The highest BCUT2D eigenvalue weighted by Gasteiger charge is 2.19. The lowest BCUT2D eigenvalue weighted by Crippen LogP contribution is -2.25. The van der Waals surface area contributed by atoms with Crippen molar-refractivity contribution in [1.82, 2.24) is 14.8 Å². The minimum Gasteiger partial charge on any atom is -0.376 e. The number of ether oxygens (including phenoxy) is 1. The molecule has 0 amide bonds. The van der Waals surface area contributed by atoms with Crippen LogP contribution in [0.2, 0.25) is 0 Å². The van der Waals surface area contributed by atoms with Crippen LogP contribution in [0.15, 0.2) is 22.1 Å². The number of H-pyrrole nitrogens is 1. The number of thioether (sulfide) groups is 1. The number of nitrogens with zero attached hydrogens (tertiary/aromatic N) is 2. The van der Waals surface area contributed by atoms with Crippen LogP contribution in [0.1, 0.15) is 19.8 Å². The van der Waals surface area contributed by atoms with Crippen LogP contribution in [0.4, 0.5) is 0 Å². The van der Waals surface area contributed by atoms with E-state index in [9.17, 15) is 4.79 Å². The summed E-state index contributed by atoms with van der Waals surface area (Å²) in [6.45, 7) is 7.19. The van der Waals surface area contributed by atoms with Gasteiger partial charge in [0.15, 0.2) is 5.16 Å². The minimum atomic E-state index is -0.162. The first-order valence-electron chi connectivity index (χ1n) is 5.71. The van der Waals surface area contributed by atoms with Crippen molar-refractivity contribution in [2.75, 3.05) is 12.4 Å². The molecular formula is C11H17N3O2S. The first kappa shape index (κ1) is 12.4. The van der Waals surface area contributed by atoms with Gasteiger partial charge in [-0.25, -0.2) is 9.89 Å². The fraction of sp³-hybridized carbons (Fsp3) is 0.636. The van der Waals surface area contributed by atoms with Crippen molar-refractivity contribution >= 4 is 11.8 Å². The van der Waals surface area contributed by atoms with E-state index in [0.29, 0.717) is 11.7 Å². The molecule has 0 aliphatic carbocycles. The summed E-state index contributed by atoms with van der Waals surface area (Å²) in [6, 6.07) is 0. The van der Waals surface area contributed by atoms with E-state index in [1.807, 2.05) is 6.92 Å². The molecule has 6 heteroatoms. The molecule has 1 aromatic heterocycles. The maximum atomic E-state index is 11.6. The van der Waals surface area contributed by atoms with E-state index >= 15 is 0 Å². The van der Waals surface area contributed by atoms with Crippen molar-refractivity contribution < 1.29 is 4.74 Å². The Kier molecular flexibility index (Phi) is 4.06. The molecule has 1 N–H and O–H groups in total. The van der Waals surface area contributed by atoms with Crippen LogP contribution in [-0.4, -0.2) is 33.2 Å². The Labute approximate surface area is 104 Å². The summed E-state index contributed by atoms with van der Waals surface area (Å²) in [4.78, 5) is 11.6. The van der Waals surface area contributed by atoms with Gasteiger partial charge < -0.3 is 4.74 Å². The van der Waals surface area contributed by atoms with Crippen LogP contribution in [0.3, 0.4) is 0 Å². The van der Waals surface area contributed by atoms with Crippen LogP contribution in [0.5, 0.6) is 0 Å². The molecule has 1 atom stereocenters. The Morgan fingerprint density at radius 3 is 3.24 bits per heavy atom. The van der Waals surface area contributed by atoms with Crippen molar-refractivity contribution in [2.45, 2.75) is 37.6 Å². The Morgan fingerprint density at radius 2 is 2.59 bits per heavy atom. The van der Waals surface area contributed by atoms with Gasteiger partial charge in [0.2, 0.25) is 0 Å². The van der Waals surface area contributed by atoms with Gasteiger partial charge in [0.05, 0.1) is 12.6 Å². The lowest BCUT2D eigenvalue weighted by Gasteiger charge is -2.10. The van der Waals surface area contributed by atoms with E-state index < -0.39 is 0 Å². The van der Waals surface area contributed by atoms with E-state index in [4.69, 9.17) is 4.74 Å². The first-order valence-corrected chi connectivity index (χ1v) is 6.69. The molecule has 1 fully saturated rings. The van der Waals surface area contributed by atoms with Crippen molar-refractivity contribution in [3.63, 3.8) is 0 Å². The first-order chi connectivity index (χ1) is 8.16. The largest absolute Gasteiger partial charge is 0.376 e. The summed E-state index contributed by atoms with van der Waals surface area (Å²) in [5.74, 6) is 0.774.